The van der Waals surface area contributed by atoms with E-state index < -0.39 is 5.97 Å². The summed E-state index contributed by atoms with van der Waals surface area (Å²) in [6.07, 6.45) is 3.44. The van der Waals surface area contributed by atoms with Crippen molar-refractivity contribution in [2.24, 2.45) is 0 Å². The maximum absolute atomic E-state index is 13.1. The number of rotatable bonds is 6. The van der Waals surface area contributed by atoms with Crippen LogP contribution in [0.5, 0.6) is 5.75 Å². The Kier molecular flexibility index (Phi) is 5.98. The molecule has 0 fully saturated rings. The Morgan fingerprint density at radius 3 is 2.31 bits per heavy atom. The number of methoxy groups -OCH3 is 1. The van der Waals surface area contributed by atoms with Gasteiger partial charge in [0.05, 0.1) is 12.8 Å². The van der Waals surface area contributed by atoms with Crippen LogP contribution in [0.4, 0.5) is 5.69 Å². The lowest BCUT2D eigenvalue weighted by Gasteiger charge is -2.21. The number of ether oxygens (including phenoxy) is 2. The molecule has 0 spiro atoms. The zero-order chi connectivity index (χ0) is 21.0. The minimum Gasteiger partial charge on any atom is -0.490 e. The number of aryl methyl sites for hydroxylation is 1. The summed E-state index contributed by atoms with van der Waals surface area (Å²) in [4.78, 5) is 27.1. The first kappa shape index (κ1) is 20.1. The van der Waals surface area contributed by atoms with E-state index in [1.54, 1.807) is 24.0 Å². The second kappa shape index (κ2) is 8.61. The summed E-state index contributed by atoms with van der Waals surface area (Å²) in [5.74, 6) is -0.284. The van der Waals surface area contributed by atoms with E-state index in [2.05, 4.69) is 6.58 Å². The number of esters is 1. The fraction of sp³-hybridized carbons (Fsp3) is 0.167. The molecule has 0 radical (unpaired) electrons. The van der Waals surface area contributed by atoms with Crippen LogP contribution in [0.25, 0.3) is 6.08 Å². The first-order chi connectivity index (χ1) is 14.0. The minimum absolute atomic E-state index is 0.0465. The fourth-order valence-electron chi connectivity index (χ4n) is 3.16. The number of benzene rings is 2. The van der Waals surface area contributed by atoms with Crippen molar-refractivity contribution < 1.29 is 19.1 Å². The van der Waals surface area contributed by atoms with Crippen LogP contribution in [0, 0.1) is 6.92 Å². The first-order valence-electron chi connectivity index (χ1n) is 9.22. The van der Waals surface area contributed by atoms with E-state index in [0.717, 1.165) is 16.8 Å². The van der Waals surface area contributed by atoms with Crippen LogP contribution in [0.3, 0.4) is 0 Å². The zero-order valence-corrected chi connectivity index (χ0v) is 16.8. The summed E-state index contributed by atoms with van der Waals surface area (Å²) in [6.45, 7) is 7.79. The number of nitrogens with zero attached hydrogens (tertiary/aromatic N) is 1. The van der Waals surface area contributed by atoms with E-state index in [1.165, 1.54) is 7.11 Å². The van der Waals surface area contributed by atoms with Crippen LogP contribution in [-0.2, 0) is 14.3 Å². The topological polar surface area (TPSA) is 55.8 Å². The highest BCUT2D eigenvalue weighted by Gasteiger charge is 2.38. The Morgan fingerprint density at radius 2 is 1.72 bits per heavy atom. The average molecular weight is 389 g/mol. The molecule has 5 heteroatoms. The molecule has 0 aromatic heterocycles. The Labute approximate surface area is 170 Å². The maximum atomic E-state index is 13.1. The summed E-state index contributed by atoms with van der Waals surface area (Å²) in [6, 6.07) is 15.1. The van der Waals surface area contributed by atoms with Gasteiger partial charge < -0.3 is 14.4 Å². The second-order valence-corrected chi connectivity index (χ2v) is 6.65. The molecule has 1 aliphatic heterocycles. The number of anilines is 1. The summed E-state index contributed by atoms with van der Waals surface area (Å²) in [5.41, 5.74) is 3.71. The summed E-state index contributed by atoms with van der Waals surface area (Å²) < 4.78 is 10.3. The molecule has 2 aromatic carbocycles. The van der Waals surface area contributed by atoms with Crippen LogP contribution in [0.1, 0.15) is 18.1 Å². The SMILES string of the molecule is C=CCOc1ccc(C=C2C(=O)C(C(=O)OC)=C(C)N2c2ccc(C)cc2)cc1. The summed E-state index contributed by atoms with van der Waals surface area (Å²) in [5, 5.41) is 0. The Morgan fingerprint density at radius 1 is 1.07 bits per heavy atom. The first-order valence-corrected chi connectivity index (χ1v) is 9.22. The van der Waals surface area contributed by atoms with Gasteiger partial charge in [-0.05, 0) is 49.8 Å². The third kappa shape index (κ3) is 4.14. The largest absolute Gasteiger partial charge is 0.490 e. The molecule has 1 heterocycles. The number of hydrogen-bond acceptors (Lipinski definition) is 5. The summed E-state index contributed by atoms with van der Waals surface area (Å²) in [7, 11) is 1.27. The third-order valence-corrected chi connectivity index (χ3v) is 4.63. The van der Waals surface area contributed by atoms with Gasteiger partial charge in [-0.15, -0.1) is 0 Å². The van der Waals surface area contributed by atoms with E-state index in [4.69, 9.17) is 9.47 Å². The smallest absolute Gasteiger partial charge is 0.343 e. The van der Waals surface area contributed by atoms with Crippen molar-refractivity contribution in [1.82, 2.24) is 0 Å². The number of allylic oxidation sites excluding steroid dienone is 2. The number of Topliss-reactive ketones (excluding diaryl/α,β-unsaturated/α-hetero) is 1. The predicted octanol–water partition coefficient (Wildman–Crippen LogP) is 4.44. The number of ketones is 1. The lowest BCUT2D eigenvalue weighted by Crippen LogP contribution is -2.18. The van der Waals surface area contributed by atoms with Gasteiger partial charge in [0.25, 0.3) is 0 Å². The van der Waals surface area contributed by atoms with Crippen molar-refractivity contribution in [1.29, 1.82) is 0 Å². The molecule has 1 aliphatic rings. The average Bonchev–Trinajstić information content (AvgIpc) is 2.97. The molecule has 3 rings (SSSR count). The summed E-state index contributed by atoms with van der Waals surface area (Å²) >= 11 is 0. The number of hydrogen-bond donors (Lipinski definition) is 0. The molecular formula is C24H23NO4. The molecule has 2 aromatic rings. The third-order valence-electron chi connectivity index (χ3n) is 4.63. The fourth-order valence-corrected chi connectivity index (χ4v) is 3.16. The minimum atomic E-state index is -0.638. The Hall–Kier alpha value is -3.60. The zero-order valence-electron chi connectivity index (χ0n) is 16.8. The molecule has 0 bridgehead atoms. The van der Waals surface area contributed by atoms with Gasteiger partial charge in [0.2, 0.25) is 5.78 Å². The van der Waals surface area contributed by atoms with Crippen LogP contribution in [0.2, 0.25) is 0 Å². The lowest BCUT2D eigenvalue weighted by atomic mass is 10.1. The molecule has 0 N–H and O–H groups in total. The maximum Gasteiger partial charge on any atom is 0.343 e. The monoisotopic (exact) mass is 389 g/mol. The van der Waals surface area contributed by atoms with Crippen molar-refractivity contribution >= 4 is 23.5 Å². The molecule has 0 aliphatic carbocycles. The molecule has 5 nitrogen and oxygen atoms in total. The van der Waals surface area contributed by atoms with E-state index in [1.807, 2.05) is 55.5 Å². The second-order valence-electron chi connectivity index (χ2n) is 6.65. The Balaban J connectivity index is 2.03. The molecular weight excluding hydrogens is 366 g/mol. The van der Waals surface area contributed by atoms with E-state index in [9.17, 15) is 9.59 Å². The van der Waals surface area contributed by atoms with Gasteiger partial charge in [0, 0.05) is 11.4 Å². The van der Waals surface area contributed by atoms with Gasteiger partial charge >= 0.3 is 5.97 Å². The standard InChI is InChI=1S/C24H23NO4/c1-5-14-29-20-12-8-18(9-13-20)15-21-23(26)22(24(27)28-4)17(3)25(21)19-10-6-16(2)7-11-19/h5-13,15H,1,14H2,2-4H3. The van der Waals surface area contributed by atoms with Crippen LogP contribution >= 0.6 is 0 Å². The molecule has 0 atom stereocenters. The van der Waals surface area contributed by atoms with Crippen LogP contribution in [-0.4, -0.2) is 25.5 Å². The van der Waals surface area contributed by atoms with Gasteiger partial charge in [-0.3, -0.25) is 4.79 Å². The quantitative estimate of drug-likeness (QED) is 0.316. The van der Waals surface area contributed by atoms with Crippen molar-refractivity contribution in [3.8, 4) is 5.75 Å². The van der Waals surface area contributed by atoms with E-state index in [0.29, 0.717) is 23.8 Å². The highest BCUT2D eigenvalue weighted by Crippen LogP contribution is 2.35. The molecule has 0 amide bonds. The van der Waals surface area contributed by atoms with Crippen molar-refractivity contribution in [3.05, 3.63) is 89.3 Å². The van der Waals surface area contributed by atoms with Gasteiger partial charge in [-0.25, -0.2) is 4.79 Å². The Bertz CT molecular complexity index is 998. The van der Waals surface area contributed by atoms with Gasteiger partial charge in [-0.1, -0.05) is 42.5 Å². The highest BCUT2D eigenvalue weighted by molar-refractivity contribution is 6.30. The molecule has 148 valence electrons. The van der Waals surface area contributed by atoms with Gasteiger partial charge in [0.1, 0.15) is 17.9 Å². The lowest BCUT2D eigenvalue weighted by molar-refractivity contribution is -0.137. The highest BCUT2D eigenvalue weighted by atomic mass is 16.5. The number of carbonyl (C=O) groups excluding carboxylic acids is 2. The normalized spacial score (nSPS) is 15.1. The van der Waals surface area contributed by atoms with Gasteiger partial charge in [-0.2, -0.15) is 0 Å². The van der Waals surface area contributed by atoms with E-state index in [-0.39, 0.29) is 11.4 Å². The molecule has 0 unspecified atom stereocenters. The molecule has 0 saturated carbocycles. The molecule has 29 heavy (non-hydrogen) atoms. The number of carbonyl (C=O) groups is 2. The molecule has 0 saturated heterocycles. The predicted molar refractivity (Wildman–Crippen MR) is 113 cm³/mol. The van der Waals surface area contributed by atoms with Crippen LogP contribution in [0.15, 0.2) is 78.2 Å². The van der Waals surface area contributed by atoms with Crippen LogP contribution < -0.4 is 9.64 Å². The van der Waals surface area contributed by atoms with Gasteiger partial charge in [0.15, 0.2) is 0 Å². The van der Waals surface area contributed by atoms with Crippen molar-refractivity contribution in [3.63, 3.8) is 0 Å². The van der Waals surface area contributed by atoms with Crippen molar-refractivity contribution in [2.75, 3.05) is 18.6 Å². The van der Waals surface area contributed by atoms with E-state index >= 15 is 0 Å². The van der Waals surface area contributed by atoms with Crippen molar-refractivity contribution in [2.45, 2.75) is 13.8 Å².